The summed E-state index contributed by atoms with van der Waals surface area (Å²) >= 11 is 0. The average molecular weight is 420 g/mol. The summed E-state index contributed by atoms with van der Waals surface area (Å²) in [4.78, 5) is 12.9. The molecule has 1 atom stereocenters. The summed E-state index contributed by atoms with van der Waals surface area (Å²) in [6.07, 6.45) is 0. The van der Waals surface area contributed by atoms with Gasteiger partial charge in [0.1, 0.15) is 23.0 Å². The zero-order valence-corrected chi connectivity index (χ0v) is 17.8. The molecule has 4 aromatic rings. The molecule has 1 aromatic heterocycles. The van der Waals surface area contributed by atoms with Crippen LogP contribution >= 0.6 is 0 Å². The van der Waals surface area contributed by atoms with Gasteiger partial charge >= 0.3 is 0 Å². The number of hydrogen-bond donors (Lipinski definition) is 2. The van der Waals surface area contributed by atoms with E-state index in [1.807, 2.05) is 36.4 Å². The number of fused-ring (bicyclic) bond motifs is 3. The summed E-state index contributed by atoms with van der Waals surface area (Å²) in [5, 5.41) is 8.03. The van der Waals surface area contributed by atoms with E-state index in [-0.39, 0.29) is 5.91 Å². The summed E-state index contributed by atoms with van der Waals surface area (Å²) in [5.74, 6) is 1.54. The first kappa shape index (κ1) is 20.4. The van der Waals surface area contributed by atoms with Crippen molar-refractivity contribution in [2.24, 2.45) is 0 Å². The minimum absolute atomic E-state index is 0.219. The van der Waals surface area contributed by atoms with Crippen molar-refractivity contribution in [2.75, 3.05) is 32.0 Å². The highest BCUT2D eigenvalue weighted by atomic mass is 16.5. The van der Waals surface area contributed by atoms with Crippen molar-refractivity contribution in [3.8, 4) is 17.2 Å². The Morgan fingerprint density at radius 3 is 2.32 bits per heavy atom. The first-order chi connectivity index (χ1) is 15.0. The number of anilines is 2. The molecule has 0 saturated heterocycles. The van der Waals surface area contributed by atoms with Gasteiger partial charge in [-0.25, -0.2) is 0 Å². The molecule has 0 spiro atoms. The van der Waals surface area contributed by atoms with Gasteiger partial charge in [-0.05, 0) is 31.2 Å². The number of ether oxygens (including phenoxy) is 3. The van der Waals surface area contributed by atoms with E-state index in [0.29, 0.717) is 28.5 Å². The highest BCUT2D eigenvalue weighted by Crippen LogP contribution is 2.36. The van der Waals surface area contributed by atoms with Crippen LogP contribution in [0.15, 0.2) is 59.0 Å². The minimum atomic E-state index is -0.519. The third-order valence-electron chi connectivity index (χ3n) is 5.12. The summed E-state index contributed by atoms with van der Waals surface area (Å²) in [7, 11) is 4.72. The van der Waals surface area contributed by atoms with Crippen LogP contribution in [0.3, 0.4) is 0 Å². The number of rotatable bonds is 7. The Hall–Kier alpha value is -3.87. The van der Waals surface area contributed by atoms with Crippen LogP contribution in [0.25, 0.3) is 21.9 Å². The highest BCUT2D eigenvalue weighted by molar-refractivity contribution is 6.08. The maximum Gasteiger partial charge on any atom is 0.246 e. The van der Waals surface area contributed by atoms with Crippen molar-refractivity contribution in [2.45, 2.75) is 13.0 Å². The molecule has 7 nitrogen and oxygen atoms in total. The van der Waals surface area contributed by atoms with Crippen LogP contribution < -0.4 is 24.8 Å². The molecule has 0 saturated carbocycles. The maximum atomic E-state index is 12.9. The minimum Gasteiger partial charge on any atom is -0.495 e. The number of methoxy groups -OCH3 is 3. The van der Waals surface area contributed by atoms with E-state index in [9.17, 15) is 4.79 Å². The molecule has 31 heavy (non-hydrogen) atoms. The molecule has 0 aliphatic rings. The van der Waals surface area contributed by atoms with Gasteiger partial charge in [0.2, 0.25) is 5.91 Å². The molecule has 3 aromatic carbocycles. The highest BCUT2D eigenvalue weighted by Gasteiger charge is 2.18. The molecule has 0 aliphatic heterocycles. The first-order valence-electron chi connectivity index (χ1n) is 9.82. The molecule has 160 valence electrons. The number of hydrogen-bond acceptors (Lipinski definition) is 6. The normalized spacial score (nSPS) is 11.9. The molecule has 7 heteroatoms. The lowest BCUT2D eigenvalue weighted by atomic mass is 10.1. The van der Waals surface area contributed by atoms with E-state index in [0.717, 1.165) is 22.0 Å². The molecule has 0 bridgehead atoms. The molecule has 1 heterocycles. The monoisotopic (exact) mass is 420 g/mol. The van der Waals surface area contributed by atoms with Gasteiger partial charge in [0.25, 0.3) is 0 Å². The van der Waals surface area contributed by atoms with Crippen molar-refractivity contribution in [1.82, 2.24) is 0 Å². The second-order valence-electron chi connectivity index (χ2n) is 7.07. The molecule has 2 N–H and O–H groups in total. The summed E-state index contributed by atoms with van der Waals surface area (Å²) in [6, 6.07) is 16.3. The number of benzene rings is 3. The van der Waals surface area contributed by atoms with Gasteiger partial charge in [0.05, 0.1) is 27.0 Å². The Morgan fingerprint density at radius 1 is 0.839 bits per heavy atom. The van der Waals surface area contributed by atoms with Crippen molar-refractivity contribution >= 4 is 39.2 Å². The predicted molar refractivity (Wildman–Crippen MR) is 122 cm³/mol. The Balaban J connectivity index is 1.56. The van der Waals surface area contributed by atoms with E-state index in [1.54, 1.807) is 46.5 Å². The van der Waals surface area contributed by atoms with Crippen LogP contribution in [0.4, 0.5) is 11.4 Å². The summed E-state index contributed by atoms with van der Waals surface area (Å²) in [5.41, 5.74) is 2.74. The van der Waals surface area contributed by atoms with Crippen molar-refractivity contribution in [1.29, 1.82) is 0 Å². The first-order valence-corrected chi connectivity index (χ1v) is 9.82. The molecular formula is C24H24N2O5. The van der Waals surface area contributed by atoms with Gasteiger partial charge in [-0.1, -0.05) is 18.2 Å². The SMILES string of the molecule is COc1cc2c(cc1NC(=O)[C@H](C)Nc1ccc(OC)c(OC)c1)oc1ccccc12. The van der Waals surface area contributed by atoms with Crippen LogP contribution in [-0.4, -0.2) is 33.3 Å². The second-order valence-corrected chi connectivity index (χ2v) is 7.07. The Labute approximate surface area is 179 Å². The van der Waals surface area contributed by atoms with Crippen molar-refractivity contribution in [3.63, 3.8) is 0 Å². The van der Waals surface area contributed by atoms with Crippen LogP contribution in [0.5, 0.6) is 17.2 Å². The van der Waals surface area contributed by atoms with Crippen LogP contribution in [0.2, 0.25) is 0 Å². The lowest BCUT2D eigenvalue weighted by Gasteiger charge is -2.18. The van der Waals surface area contributed by atoms with Crippen LogP contribution in [-0.2, 0) is 4.79 Å². The zero-order valence-electron chi connectivity index (χ0n) is 17.8. The van der Waals surface area contributed by atoms with Crippen LogP contribution in [0, 0.1) is 0 Å². The number of furan rings is 1. The van der Waals surface area contributed by atoms with Crippen molar-refractivity contribution in [3.05, 3.63) is 54.6 Å². The zero-order chi connectivity index (χ0) is 22.0. The van der Waals surface area contributed by atoms with E-state index in [4.69, 9.17) is 18.6 Å². The third-order valence-corrected chi connectivity index (χ3v) is 5.12. The number of para-hydroxylation sites is 1. The van der Waals surface area contributed by atoms with Crippen molar-refractivity contribution < 1.29 is 23.4 Å². The van der Waals surface area contributed by atoms with Gasteiger partial charge in [0, 0.05) is 28.6 Å². The Bertz CT molecular complexity index is 1250. The van der Waals surface area contributed by atoms with Gasteiger partial charge in [-0.2, -0.15) is 0 Å². The third kappa shape index (κ3) is 3.94. The fourth-order valence-electron chi connectivity index (χ4n) is 3.50. The number of amides is 1. The molecule has 0 fully saturated rings. The van der Waals surface area contributed by atoms with E-state index < -0.39 is 6.04 Å². The van der Waals surface area contributed by atoms with Gasteiger partial charge in [-0.15, -0.1) is 0 Å². The van der Waals surface area contributed by atoms with E-state index >= 15 is 0 Å². The van der Waals surface area contributed by atoms with E-state index in [2.05, 4.69) is 10.6 Å². The van der Waals surface area contributed by atoms with E-state index in [1.165, 1.54) is 0 Å². The number of carbonyl (C=O) groups is 1. The fourth-order valence-corrected chi connectivity index (χ4v) is 3.50. The second kappa shape index (κ2) is 8.47. The molecule has 1 amide bonds. The maximum absolute atomic E-state index is 12.9. The lowest BCUT2D eigenvalue weighted by molar-refractivity contribution is -0.116. The number of nitrogens with one attached hydrogen (secondary N) is 2. The molecular weight excluding hydrogens is 396 g/mol. The smallest absolute Gasteiger partial charge is 0.246 e. The lowest BCUT2D eigenvalue weighted by Crippen LogP contribution is -2.32. The Morgan fingerprint density at radius 2 is 1.58 bits per heavy atom. The van der Waals surface area contributed by atoms with Crippen LogP contribution in [0.1, 0.15) is 6.92 Å². The summed E-state index contributed by atoms with van der Waals surface area (Å²) in [6.45, 7) is 1.78. The summed E-state index contributed by atoms with van der Waals surface area (Å²) < 4.78 is 22.0. The quantitative estimate of drug-likeness (QED) is 0.435. The standard InChI is InChI=1S/C24H24N2O5/c1-14(25-15-9-10-20(28-2)23(11-15)30-4)24(27)26-18-13-21-17(12-22(18)29-3)16-7-5-6-8-19(16)31-21/h5-14,25H,1-4H3,(H,26,27)/t14-/m0/s1. The molecule has 0 radical (unpaired) electrons. The van der Waals surface area contributed by atoms with Gasteiger partial charge in [0.15, 0.2) is 11.5 Å². The number of carbonyl (C=O) groups excluding carboxylic acids is 1. The fraction of sp³-hybridized carbons (Fsp3) is 0.208. The molecule has 0 aliphatic carbocycles. The predicted octanol–water partition coefficient (Wildman–Crippen LogP) is 5.05. The largest absolute Gasteiger partial charge is 0.495 e. The Kier molecular flexibility index (Phi) is 5.58. The average Bonchev–Trinajstić information content (AvgIpc) is 3.15. The molecule has 4 rings (SSSR count). The topological polar surface area (TPSA) is 82.0 Å². The van der Waals surface area contributed by atoms with Gasteiger partial charge in [-0.3, -0.25) is 4.79 Å². The van der Waals surface area contributed by atoms with Gasteiger partial charge < -0.3 is 29.3 Å². The molecule has 0 unspecified atom stereocenters.